The van der Waals surface area contributed by atoms with Crippen molar-refractivity contribution in [3.63, 3.8) is 0 Å². The van der Waals surface area contributed by atoms with Gasteiger partial charge in [-0.2, -0.15) is 0 Å². The Bertz CT molecular complexity index is 669. The normalized spacial score (nSPS) is 11.9. The molecule has 176 valence electrons. The van der Waals surface area contributed by atoms with Crippen LogP contribution in [0.1, 0.15) is 45.1 Å². The summed E-state index contributed by atoms with van der Waals surface area (Å²) < 4.78 is 7.04. The highest BCUT2D eigenvalue weighted by Crippen LogP contribution is 2.28. The van der Waals surface area contributed by atoms with Gasteiger partial charge in [0.25, 0.3) is 0 Å². The fraction of sp³-hybridized carbons (Fsp3) is 0.640. The van der Waals surface area contributed by atoms with Gasteiger partial charge in [-0.1, -0.05) is 100 Å². The van der Waals surface area contributed by atoms with Gasteiger partial charge < -0.3 is 9.64 Å². The number of nitrogens with zero attached hydrogens (tertiary/aromatic N) is 1. The first-order chi connectivity index (χ1) is 14.5. The number of hydrogen-bond acceptors (Lipinski definition) is 3. The molecule has 0 aliphatic rings. The minimum atomic E-state index is -1.30. The molecule has 1 aromatic carbocycles. The van der Waals surface area contributed by atoms with Gasteiger partial charge in [0, 0.05) is 18.8 Å². The number of benzene rings is 1. The summed E-state index contributed by atoms with van der Waals surface area (Å²) >= 11 is 7.43. The SMILES string of the molecule is CCCN(CCC)C(=S)SCCCCOc1ccc(C=C([Si](C)(C)C)[Si](C)(C)C)cc1. The van der Waals surface area contributed by atoms with Crippen molar-refractivity contribution in [1.82, 2.24) is 4.90 Å². The molecule has 0 radical (unpaired) electrons. The summed E-state index contributed by atoms with van der Waals surface area (Å²) in [4.78, 5) is 4.09. The van der Waals surface area contributed by atoms with Crippen molar-refractivity contribution < 1.29 is 4.74 Å². The van der Waals surface area contributed by atoms with E-state index in [0.717, 1.165) is 61.2 Å². The minimum absolute atomic E-state index is 0.769. The van der Waals surface area contributed by atoms with E-state index >= 15 is 0 Å². The van der Waals surface area contributed by atoms with Crippen molar-refractivity contribution in [2.75, 3.05) is 25.4 Å². The average Bonchev–Trinajstić information content (AvgIpc) is 2.67. The largest absolute Gasteiger partial charge is 0.494 e. The lowest BCUT2D eigenvalue weighted by Gasteiger charge is -2.31. The highest BCUT2D eigenvalue weighted by Gasteiger charge is 2.30. The molecule has 0 unspecified atom stereocenters. The summed E-state index contributed by atoms with van der Waals surface area (Å²) in [6, 6.07) is 8.66. The topological polar surface area (TPSA) is 12.5 Å². The van der Waals surface area contributed by atoms with E-state index in [1.807, 2.05) is 11.8 Å². The summed E-state index contributed by atoms with van der Waals surface area (Å²) in [5.74, 6) is 2.05. The molecular formula is C25H45NOS2Si2. The number of ether oxygens (including phenoxy) is 1. The van der Waals surface area contributed by atoms with Gasteiger partial charge in [0.2, 0.25) is 0 Å². The Morgan fingerprint density at radius 1 is 0.935 bits per heavy atom. The summed E-state index contributed by atoms with van der Waals surface area (Å²) in [6.45, 7) is 22.1. The van der Waals surface area contributed by atoms with Crippen LogP contribution >= 0.6 is 24.0 Å². The third kappa shape index (κ3) is 11.2. The molecule has 0 spiro atoms. The van der Waals surface area contributed by atoms with Crippen LogP contribution in [0.25, 0.3) is 6.08 Å². The predicted molar refractivity (Wildman–Crippen MR) is 153 cm³/mol. The Kier molecular flexibility index (Phi) is 12.7. The Morgan fingerprint density at radius 3 is 1.97 bits per heavy atom. The second-order valence-corrected chi connectivity index (χ2v) is 22.6. The fourth-order valence-corrected chi connectivity index (χ4v) is 15.4. The van der Waals surface area contributed by atoms with E-state index < -0.39 is 16.1 Å². The fourth-order valence-electron chi connectivity index (χ4n) is 3.86. The van der Waals surface area contributed by atoms with Gasteiger partial charge in [-0.25, -0.2) is 0 Å². The van der Waals surface area contributed by atoms with Crippen LogP contribution < -0.4 is 4.74 Å². The molecule has 31 heavy (non-hydrogen) atoms. The van der Waals surface area contributed by atoms with Crippen LogP contribution in [0.2, 0.25) is 39.3 Å². The minimum Gasteiger partial charge on any atom is -0.494 e. The first-order valence-corrected chi connectivity index (χ1v) is 20.3. The van der Waals surface area contributed by atoms with E-state index in [4.69, 9.17) is 17.0 Å². The zero-order chi connectivity index (χ0) is 23.5. The van der Waals surface area contributed by atoms with Crippen molar-refractivity contribution >= 4 is 50.5 Å². The maximum atomic E-state index is 5.98. The lowest BCUT2D eigenvalue weighted by molar-refractivity contribution is 0.310. The summed E-state index contributed by atoms with van der Waals surface area (Å²) in [5, 5.41) is 0. The zero-order valence-electron chi connectivity index (χ0n) is 21.2. The lowest BCUT2D eigenvalue weighted by atomic mass is 10.2. The molecular weight excluding hydrogens is 451 g/mol. The van der Waals surface area contributed by atoms with Crippen LogP contribution in [0, 0.1) is 0 Å². The van der Waals surface area contributed by atoms with Gasteiger partial charge in [0.1, 0.15) is 10.1 Å². The first-order valence-electron chi connectivity index (χ1n) is 11.9. The van der Waals surface area contributed by atoms with Crippen molar-refractivity contribution in [3.8, 4) is 5.75 Å². The molecule has 1 rings (SSSR count). The molecule has 6 heteroatoms. The van der Waals surface area contributed by atoms with Crippen LogP contribution in [-0.2, 0) is 0 Å². The summed E-state index contributed by atoms with van der Waals surface area (Å²) in [7, 11) is -2.60. The molecule has 0 aliphatic carbocycles. The van der Waals surface area contributed by atoms with Crippen LogP contribution in [0.4, 0.5) is 0 Å². The Morgan fingerprint density at radius 2 is 1.48 bits per heavy atom. The third-order valence-electron chi connectivity index (χ3n) is 5.09. The van der Waals surface area contributed by atoms with Crippen molar-refractivity contribution in [3.05, 3.63) is 34.6 Å². The van der Waals surface area contributed by atoms with Crippen molar-refractivity contribution in [2.24, 2.45) is 0 Å². The predicted octanol–water partition coefficient (Wildman–Crippen LogP) is 8.12. The van der Waals surface area contributed by atoms with E-state index in [1.165, 1.54) is 5.56 Å². The maximum absolute atomic E-state index is 5.98. The van der Waals surface area contributed by atoms with Gasteiger partial charge in [-0.3, -0.25) is 0 Å². The smallest absolute Gasteiger partial charge is 0.136 e. The second-order valence-electron chi connectivity index (χ2n) is 10.3. The van der Waals surface area contributed by atoms with Gasteiger partial charge in [0.15, 0.2) is 0 Å². The van der Waals surface area contributed by atoms with E-state index in [-0.39, 0.29) is 0 Å². The number of rotatable bonds is 13. The number of thioether (sulfide) groups is 1. The van der Waals surface area contributed by atoms with Crippen LogP contribution in [0.5, 0.6) is 5.75 Å². The molecule has 2 nitrogen and oxygen atoms in total. The number of unbranched alkanes of at least 4 members (excludes halogenated alkanes) is 1. The first kappa shape index (κ1) is 28.5. The molecule has 0 saturated heterocycles. The average molecular weight is 496 g/mol. The van der Waals surface area contributed by atoms with Crippen LogP contribution in [0.3, 0.4) is 0 Å². The molecule has 0 bridgehead atoms. The van der Waals surface area contributed by atoms with E-state index in [0.29, 0.717) is 0 Å². The Hall–Kier alpha value is -0.566. The van der Waals surface area contributed by atoms with Gasteiger partial charge in [0.05, 0.1) is 22.8 Å². The quantitative estimate of drug-likeness (QED) is 0.155. The zero-order valence-corrected chi connectivity index (χ0v) is 24.8. The van der Waals surface area contributed by atoms with Crippen molar-refractivity contribution in [1.29, 1.82) is 0 Å². The van der Waals surface area contributed by atoms with Crippen LogP contribution in [0.15, 0.2) is 29.1 Å². The Balaban J connectivity index is 2.45. The number of hydrogen-bond donors (Lipinski definition) is 0. The highest BCUT2D eigenvalue weighted by molar-refractivity contribution is 8.22. The molecule has 0 amide bonds. The molecule has 0 heterocycles. The molecule has 0 aliphatic heterocycles. The van der Waals surface area contributed by atoms with Crippen molar-refractivity contribution in [2.45, 2.75) is 78.8 Å². The Labute approximate surface area is 204 Å². The monoisotopic (exact) mass is 495 g/mol. The standard InChI is InChI=1S/C25H45NOS2Si2/c1-9-17-26(18-10-2)25(28)29-20-12-11-19-27-23-15-13-22(14-16-23)21-24(30(3,4)5)31(6,7)8/h13-16,21H,9-12,17-20H2,1-8H3. The number of thiocarbonyl (C=S) groups is 1. The molecule has 1 aromatic rings. The molecule has 0 aromatic heterocycles. The summed E-state index contributed by atoms with van der Waals surface area (Å²) in [6.07, 6.45) is 6.96. The highest BCUT2D eigenvalue weighted by atomic mass is 32.2. The summed E-state index contributed by atoms with van der Waals surface area (Å²) in [5.41, 5.74) is 1.31. The molecule has 0 fully saturated rings. The molecule has 0 N–H and O–H groups in total. The third-order valence-corrected chi connectivity index (χ3v) is 14.7. The van der Waals surface area contributed by atoms with Crippen LogP contribution in [-0.4, -0.2) is 50.8 Å². The molecule has 0 saturated carbocycles. The van der Waals surface area contributed by atoms with E-state index in [9.17, 15) is 0 Å². The second kappa shape index (κ2) is 13.9. The molecule has 0 atom stereocenters. The lowest BCUT2D eigenvalue weighted by Crippen LogP contribution is -2.39. The van der Waals surface area contributed by atoms with E-state index in [1.54, 1.807) is 4.82 Å². The van der Waals surface area contributed by atoms with Gasteiger partial charge in [-0.15, -0.1) is 0 Å². The maximum Gasteiger partial charge on any atom is 0.136 e. The van der Waals surface area contributed by atoms with E-state index in [2.05, 4.69) is 88.4 Å². The van der Waals surface area contributed by atoms with Gasteiger partial charge >= 0.3 is 0 Å². The van der Waals surface area contributed by atoms with Gasteiger partial charge in [-0.05, 0) is 43.4 Å².